The molecule has 2 amide bonds. The van der Waals surface area contributed by atoms with Gasteiger partial charge in [0.05, 0.1) is 0 Å². The van der Waals surface area contributed by atoms with Crippen LogP contribution in [-0.4, -0.2) is 28.7 Å². The average Bonchev–Trinajstić information content (AvgIpc) is 3.05. The SMILES string of the molecule is NC(=O)NCCCCCC(=O)OCc1nnc(-c2ccc(Cl)cc2)o1. The lowest BCUT2D eigenvalue weighted by Gasteiger charge is -2.03. The van der Waals surface area contributed by atoms with E-state index in [9.17, 15) is 9.59 Å². The van der Waals surface area contributed by atoms with Crippen molar-refractivity contribution in [2.24, 2.45) is 5.73 Å². The van der Waals surface area contributed by atoms with Gasteiger partial charge in [0.25, 0.3) is 5.89 Å². The molecule has 0 aliphatic heterocycles. The summed E-state index contributed by atoms with van der Waals surface area (Å²) in [5.74, 6) is 0.225. The number of nitrogens with zero attached hydrogens (tertiary/aromatic N) is 2. The van der Waals surface area contributed by atoms with E-state index in [1.807, 2.05) is 0 Å². The number of nitrogens with one attached hydrogen (secondary N) is 1. The summed E-state index contributed by atoms with van der Waals surface area (Å²) in [4.78, 5) is 22.1. The number of hydrogen-bond acceptors (Lipinski definition) is 6. The molecule has 0 fully saturated rings. The number of esters is 1. The van der Waals surface area contributed by atoms with E-state index >= 15 is 0 Å². The van der Waals surface area contributed by atoms with E-state index in [1.54, 1.807) is 24.3 Å². The van der Waals surface area contributed by atoms with Crippen LogP contribution in [0.1, 0.15) is 31.6 Å². The van der Waals surface area contributed by atoms with Crippen LogP contribution in [0.3, 0.4) is 0 Å². The van der Waals surface area contributed by atoms with Crippen molar-refractivity contribution >= 4 is 23.6 Å². The first-order chi connectivity index (χ1) is 12.0. The van der Waals surface area contributed by atoms with Crippen LogP contribution in [0.15, 0.2) is 28.7 Å². The van der Waals surface area contributed by atoms with E-state index in [2.05, 4.69) is 15.5 Å². The van der Waals surface area contributed by atoms with E-state index in [1.165, 1.54) is 0 Å². The second kappa shape index (κ2) is 9.63. The molecular weight excluding hydrogens is 348 g/mol. The van der Waals surface area contributed by atoms with Crippen molar-refractivity contribution in [1.82, 2.24) is 15.5 Å². The molecule has 0 radical (unpaired) electrons. The minimum atomic E-state index is -0.545. The summed E-state index contributed by atoms with van der Waals surface area (Å²) in [5.41, 5.74) is 5.68. The Morgan fingerprint density at radius 1 is 1.16 bits per heavy atom. The van der Waals surface area contributed by atoms with Gasteiger partial charge >= 0.3 is 12.0 Å². The first kappa shape index (κ1) is 18.7. The molecule has 0 saturated heterocycles. The maximum absolute atomic E-state index is 11.7. The lowest BCUT2D eigenvalue weighted by atomic mass is 10.2. The van der Waals surface area contributed by atoms with Crippen LogP contribution in [0.25, 0.3) is 11.5 Å². The van der Waals surface area contributed by atoms with E-state index in [4.69, 9.17) is 26.5 Å². The highest BCUT2D eigenvalue weighted by Gasteiger charge is 2.11. The molecule has 0 unspecified atom stereocenters. The molecule has 1 heterocycles. The third kappa shape index (κ3) is 6.80. The van der Waals surface area contributed by atoms with Gasteiger partial charge in [-0.2, -0.15) is 0 Å². The van der Waals surface area contributed by atoms with Crippen molar-refractivity contribution in [1.29, 1.82) is 0 Å². The maximum Gasteiger partial charge on any atom is 0.312 e. The van der Waals surface area contributed by atoms with Crippen LogP contribution in [0.5, 0.6) is 0 Å². The number of primary amides is 1. The summed E-state index contributed by atoms with van der Waals surface area (Å²) < 4.78 is 10.5. The second-order valence-electron chi connectivity index (χ2n) is 5.27. The largest absolute Gasteiger partial charge is 0.456 e. The monoisotopic (exact) mass is 366 g/mol. The summed E-state index contributed by atoms with van der Waals surface area (Å²) in [5, 5.41) is 10.9. The molecule has 0 aliphatic rings. The fourth-order valence-electron chi connectivity index (χ4n) is 2.02. The molecule has 0 bridgehead atoms. The maximum atomic E-state index is 11.7. The van der Waals surface area contributed by atoms with Gasteiger partial charge in [0.15, 0.2) is 6.61 Å². The number of aromatic nitrogens is 2. The topological polar surface area (TPSA) is 120 Å². The predicted octanol–water partition coefficient (Wildman–Crippen LogP) is 2.66. The standard InChI is InChI=1S/C16H19ClN4O4/c17-12-7-5-11(6-8-12)15-21-20-13(25-15)10-24-14(22)4-2-1-3-9-19-16(18)23/h5-8H,1-4,9-10H2,(H3,18,19,23). The minimum absolute atomic E-state index is 0.0668. The van der Waals surface area contributed by atoms with Crippen LogP contribution in [-0.2, 0) is 16.1 Å². The molecule has 134 valence electrons. The van der Waals surface area contributed by atoms with E-state index in [0.29, 0.717) is 23.9 Å². The molecule has 1 aromatic carbocycles. The Balaban J connectivity index is 1.66. The lowest BCUT2D eigenvalue weighted by Crippen LogP contribution is -2.29. The van der Waals surface area contributed by atoms with Gasteiger partial charge < -0.3 is 20.2 Å². The van der Waals surface area contributed by atoms with Gasteiger partial charge in [-0.3, -0.25) is 4.79 Å². The second-order valence-corrected chi connectivity index (χ2v) is 5.71. The molecule has 9 heteroatoms. The molecule has 0 aliphatic carbocycles. The Morgan fingerprint density at radius 3 is 2.64 bits per heavy atom. The van der Waals surface area contributed by atoms with Crippen molar-refractivity contribution in [3.8, 4) is 11.5 Å². The molecule has 2 aromatic rings. The summed E-state index contributed by atoms with van der Waals surface area (Å²) in [6.07, 6.45) is 2.49. The Labute approximate surface area is 149 Å². The Morgan fingerprint density at radius 2 is 1.92 bits per heavy atom. The highest BCUT2D eigenvalue weighted by atomic mass is 35.5. The highest BCUT2D eigenvalue weighted by molar-refractivity contribution is 6.30. The first-order valence-electron chi connectivity index (χ1n) is 7.82. The molecule has 3 N–H and O–H groups in total. The van der Waals surface area contributed by atoms with Gasteiger partial charge in [-0.15, -0.1) is 10.2 Å². The van der Waals surface area contributed by atoms with Gasteiger partial charge in [-0.25, -0.2) is 4.79 Å². The van der Waals surface area contributed by atoms with Crippen molar-refractivity contribution in [2.45, 2.75) is 32.3 Å². The van der Waals surface area contributed by atoms with Crippen molar-refractivity contribution < 1.29 is 18.7 Å². The van der Waals surface area contributed by atoms with Gasteiger partial charge in [-0.1, -0.05) is 18.0 Å². The number of hydrogen-bond donors (Lipinski definition) is 2. The zero-order valence-electron chi connectivity index (χ0n) is 13.5. The molecule has 0 spiro atoms. The highest BCUT2D eigenvalue weighted by Crippen LogP contribution is 2.20. The number of carbonyl (C=O) groups is 2. The number of rotatable bonds is 9. The fourth-order valence-corrected chi connectivity index (χ4v) is 2.14. The molecule has 2 rings (SSSR count). The Hall–Kier alpha value is -2.61. The van der Waals surface area contributed by atoms with Crippen LogP contribution in [0.4, 0.5) is 4.79 Å². The fraction of sp³-hybridized carbons (Fsp3) is 0.375. The normalized spacial score (nSPS) is 10.4. The first-order valence-corrected chi connectivity index (χ1v) is 8.19. The summed E-state index contributed by atoms with van der Waals surface area (Å²) in [6, 6.07) is 6.42. The van der Waals surface area contributed by atoms with Gasteiger partial charge in [-0.05, 0) is 37.1 Å². The number of urea groups is 1. The molecule has 25 heavy (non-hydrogen) atoms. The van der Waals surface area contributed by atoms with Crippen LogP contribution >= 0.6 is 11.6 Å². The number of amides is 2. The number of ether oxygens (including phenoxy) is 1. The molecule has 1 aromatic heterocycles. The van der Waals surface area contributed by atoms with Gasteiger partial charge in [0, 0.05) is 23.6 Å². The van der Waals surface area contributed by atoms with Crippen molar-refractivity contribution in [3.63, 3.8) is 0 Å². The minimum Gasteiger partial charge on any atom is -0.456 e. The van der Waals surface area contributed by atoms with E-state index in [-0.39, 0.29) is 24.9 Å². The summed E-state index contributed by atoms with van der Waals surface area (Å²) >= 11 is 5.82. The Kier molecular flexibility index (Phi) is 7.21. The van der Waals surface area contributed by atoms with E-state index < -0.39 is 6.03 Å². The zero-order chi connectivity index (χ0) is 18.1. The zero-order valence-corrected chi connectivity index (χ0v) is 14.3. The molecule has 0 saturated carbocycles. The molecule has 8 nitrogen and oxygen atoms in total. The smallest absolute Gasteiger partial charge is 0.312 e. The van der Waals surface area contributed by atoms with Crippen LogP contribution < -0.4 is 11.1 Å². The van der Waals surface area contributed by atoms with Crippen LogP contribution in [0, 0.1) is 0 Å². The number of halogens is 1. The summed E-state index contributed by atoms with van der Waals surface area (Å²) in [7, 11) is 0. The lowest BCUT2D eigenvalue weighted by molar-refractivity contribution is -0.145. The number of benzene rings is 1. The number of unbranched alkanes of at least 4 members (excludes halogenated alkanes) is 2. The number of nitrogens with two attached hydrogens (primary N) is 1. The predicted molar refractivity (Wildman–Crippen MR) is 90.6 cm³/mol. The molecule has 0 atom stereocenters. The van der Waals surface area contributed by atoms with Crippen molar-refractivity contribution in [2.75, 3.05) is 6.54 Å². The van der Waals surface area contributed by atoms with E-state index in [0.717, 1.165) is 18.4 Å². The third-order valence-electron chi connectivity index (χ3n) is 3.27. The average molecular weight is 367 g/mol. The Bertz CT molecular complexity index is 702. The van der Waals surface area contributed by atoms with Gasteiger partial charge in [0.2, 0.25) is 5.89 Å². The van der Waals surface area contributed by atoms with Crippen LogP contribution in [0.2, 0.25) is 5.02 Å². The molecular formula is C16H19ClN4O4. The third-order valence-corrected chi connectivity index (χ3v) is 3.52. The van der Waals surface area contributed by atoms with Crippen molar-refractivity contribution in [3.05, 3.63) is 35.2 Å². The summed E-state index contributed by atoms with van der Waals surface area (Å²) in [6.45, 7) is 0.433. The van der Waals surface area contributed by atoms with Gasteiger partial charge in [0.1, 0.15) is 0 Å². The quantitative estimate of drug-likeness (QED) is 0.520. The number of carbonyl (C=O) groups excluding carboxylic acids is 2.